The first-order chi connectivity index (χ1) is 9.97. The summed E-state index contributed by atoms with van der Waals surface area (Å²) in [6.45, 7) is 12.5. The fraction of sp³-hybridized carbons (Fsp3) is 0.765. The van der Waals surface area contributed by atoms with Gasteiger partial charge in [0.15, 0.2) is 0 Å². The zero-order chi connectivity index (χ0) is 15.7. The van der Waals surface area contributed by atoms with Gasteiger partial charge in [-0.05, 0) is 47.2 Å². The minimum atomic E-state index is -0.408. The minimum absolute atomic E-state index is 0.408. The Hall–Kier alpha value is -0.420. The first-order valence-corrected chi connectivity index (χ1v) is 8.91. The molecule has 0 bridgehead atoms. The summed E-state index contributed by atoms with van der Waals surface area (Å²) in [5.74, 6) is 1.20. The van der Waals surface area contributed by atoms with E-state index in [-0.39, 0.29) is 0 Å². The van der Waals surface area contributed by atoms with Crippen molar-refractivity contribution in [1.29, 1.82) is 0 Å². The third-order valence-electron chi connectivity index (χ3n) is 3.24. The summed E-state index contributed by atoms with van der Waals surface area (Å²) in [5, 5.41) is 14.5. The molecule has 0 radical (unpaired) electrons. The topological polar surface area (TPSA) is 32.7 Å². The molecule has 0 amide bonds. The average Bonchev–Trinajstić information content (AvgIpc) is 2.88. The van der Waals surface area contributed by atoms with E-state index in [1.807, 2.05) is 0 Å². The molecule has 0 spiro atoms. The van der Waals surface area contributed by atoms with Crippen molar-refractivity contribution < 1.29 is 9.84 Å². The van der Waals surface area contributed by atoms with Crippen LogP contribution in [0.1, 0.15) is 39.7 Å². The molecule has 4 heteroatoms. The van der Waals surface area contributed by atoms with E-state index < -0.39 is 6.10 Å². The van der Waals surface area contributed by atoms with E-state index in [9.17, 15) is 5.11 Å². The maximum atomic E-state index is 10.2. The Morgan fingerprint density at radius 2 is 1.95 bits per heavy atom. The van der Waals surface area contributed by atoms with Crippen molar-refractivity contribution >= 4 is 11.3 Å². The second-order valence-corrected chi connectivity index (χ2v) is 7.41. The van der Waals surface area contributed by atoms with Crippen LogP contribution in [0.5, 0.6) is 0 Å². The summed E-state index contributed by atoms with van der Waals surface area (Å²) >= 11 is 1.73. The highest BCUT2D eigenvalue weighted by Gasteiger charge is 2.13. The lowest BCUT2D eigenvalue weighted by atomic mass is 10.1. The van der Waals surface area contributed by atoms with Crippen LogP contribution in [0, 0.1) is 11.8 Å². The second-order valence-electron chi connectivity index (χ2n) is 6.63. The first-order valence-electron chi connectivity index (χ1n) is 7.96. The highest BCUT2D eigenvalue weighted by molar-refractivity contribution is 7.07. The Kier molecular flexibility index (Phi) is 9.16. The van der Waals surface area contributed by atoms with Gasteiger partial charge in [-0.25, -0.2) is 0 Å². The Bertz CT molecular complexity index is 352. The van der Waals surface area contributed by atoms with E-state index in [1.54, 1.807) is 11.3 Å². The molecule has 0 aliphatic heterocycles. The fourth-order valence-corrected chi connectivity index (χ4v) is 2.77. The highest BCUT2D eigenvalue weighted by atomic mass is 32.1. The average molecular weight is 314 g/mol. The third-order valence-corrected chi connectivity index (χ3v) is 3.97. The standard InChI is InChI=1S/C17H31NO2S/c1-14(2)5-7-18(9-16-6-8-21-13-16)10-17(19)12-20-11-15(3)4/h6,8,13-15,17,19H,5,7,9-12H2,1-4H3/t17-/m1/s1. The fourth-order valence-electron chi connectivity index (χ4n) is 2.11. The van der Waals surface area contributed by atoms with Gasteiger partial charge in [-0.2, -0.15) is 11.3 Å². The lowest BCUT2D eigenvalue weighted by Crippen LogP contribution is -2.35. The van der Waals surface area contributed by atoms with Crippen LogP contribution in [0.15, 0.2) is 16.8 Å². The zero-order valence-electron chi connectivity index (χ0n) is 13.9. The van der Waals surface area contributed by atoms with Crippen LogP contribution in [0.3, 0.4) is 0 Å². The van der Waals surface area contributed by atoms with Crippen molar-refractivity contribution in [3.63, 3.8) is 0 Å². The number of hydrogen-bond donors (Lipinski definition) is 1. The third kappa shape index (κ3) is 9.25. The normalized spacial score (nSPS) is 13.5. The van der Waals surface area contributed by atoms with Gasteiger partial charge in [0, 0.05) is 19.7 Å². The lowest BCUT2D eigenvalue weighted by molar-refractivity contribution is 0.00630. The Balaban J connectivity index is 2.39. The molecule has 0 fully saturated rings. The molecule has 0 saturated carbocycles. The smallest absolute Gasteiger partial charge is 0.0900 e. The van der Waals surface area contributed by atoms with Crippen LogP contribution in [-0.2, 0) is 11.3 Å². The van der Waals surface area contributed by atoms with Crippen LogP contribution in [0.4, 0.5) is 0 Å². The van der Waals surface area contributed by atoms with Crippen molar-refractivity contribution in [2.24, 2.45) is 11.8 Å². The van der Waals surface area contributed by atoms with Crippen molar-refractivity contribution in [3.8, 4) is 0 Å². The van der Waals surface area contributed by atoms with E-state index in [1.165, 1.54) is 5.56 Å². The van der Waals surface area contributed by atoms with E-state index in [2.05, 4.69) is 49.4 Å². The van der Waals surface area contributed by atoms with Crippen LogP contribution in [0.2, 0.25) is 0 Å². The molecule has 21 heavy (non-hydrogen) atoms. The van der Waals surface area contributed by atoms with Gasteiger partial charge in [0.25, 0.3) is 0 Å². The number of hydrogen-bond acceptors (Lipinski definition) is 4. The molecule has 1 aromatic rings. The Labute approximate surface area is 133 Å². The van der Waals surface area contributed by atoms with Gasteiger partial charge < -0.3 is 9.84 Å². The predicted molar refractivity (Wildman–Crippen MR) is 90.7 cm³/mol. The van der Waals surface area contributed by atoms with E-state index in [0.717, 1.165) is 19.5 Å². The maximum absolute atomic E-state index is 10.2. The van der Waals surface area contributed by atoms with Gasteiger partial charge in [0.2, 0.25) is 0 Å². The number of nitrogens with zero attached hydrogens (tertiary/aromatic N) is 1. The number of aliphatic hydroxyl groups excluding tert-OH is 1. The van der Waals surface area contributed by atoms with Crippen LogP contribution in [-0.4, -0.2) is 42.4 Å². The van der Waals surface area contributed by atoms with Gasteiger partial charge in [-0.3, -0.25) is 4.90 Å². The molecule has 1 atom stereocenters. The molecule has 0 aliphatic carbocycles. The van der Waals surface area contributed by atoms with Crippen LogP contribution in [0.25, 0.3) is 0 Å². The van der Waals surface area contributed by atoms with Crippen molar-refractivity contribution in [3.05, 3.63) is 22.4 Å². The quantitative estimate of drug-likeness (QED) is 0.677. The lowest BCUT2D eigenvalue weighted by Gasteiger charge is -2.25. The van der Waals surface area contributed by atoms with Crippen LogP contribution < -0.4 is 0 Å². The van der Waals surface area contributed by atoms with E-state index in [4.69, 9.17) is 4.74 Å². The van der Waals surface area contributed by atoms with Gasteiger partial charge in [0.05, 0.1) is 12.7 Å². The SMILES string of the molecule is CC(C)CCN(Cc1ccsc1)C[C@@H](O)COCC(C)C. The van der Waals surface area contributed by atoms with Gasteiger partial charge in [-0.1, -0.05) is 27.7 Å². The summed E-state index contributed by atoms with van der Waals surface area (Å²) in [4.78, 5) is 2.34. The molecule has 0 aromatic carbocycles. The summed E-state index contributed by atoms with van der Waals surface area (Å²) in [7, 11) is 0. The Morgan fingerprint density at radius 1 is 1.19 bits per heavy atom. The molecule has 122 valence electrons. The van der Waals surface area contributed by atoms with Crippen molar-refractivity contribution in [1.82, 2.24) is 4.90 Å². The van der Waals surface area contributed by atoms with Gasteiger partial charge >= 0.3 is 0 Å². The highest BCUT2D eigenvalue weighted by Crippen LogP contribution is 2.12. The van der Waals surface area contributed by atoms with E-state index in [0.29, 0.717) is 31.6 Å². The van der Waals surface area contributed by atoms with Gasteiger partial charge in [0.1, 0.15) is 0 Å². The predicted octanol–water partition coefficient (Wildman–Crippen LogP) is 3.63. The van der Waals surface area contributed by atoms with Gasteiger partial charge in [-0.15, -0.1) is 0 Å². The first kappa shape index (κ1) is 18.6. The largest absolute Gasteiger partial charge is 0.389 e. The molecule has 1 rings (SSSR count). The second kappa shape index (κ2) is 10.3. The van der Waals surface area contributed by atoms with E-state index >= 15 is 0 Å². The molecular formula is C17H31NO2S. The molecule has 1 N–H and O–H groups in total. The molecule has 1 aromatic heterocycles. The van der Waals surface area contributed by atoms with Crippen molar-refractivity contribution in [2.45, 2.75) is 46.8 Å². The summed E-state index contributed by atoms with van der Waals surface area (Å²) in [5.41, 5.74) is 1.33. The summed E-state index contributed by atoms with van der Waals surface area (Å²) in [6.07, 6.45) is 0.749. The summed E-state index contributed by atoms with van der Waals surface area (Å²) < 4.78 is 5.54. The molecule has 3 nitrogen and oxygen atoms in total. The molecule has 1 heterocycles. The molecule has 0 unspecified atom stereocenters. The number of ether oxygens (including phenoxy) is 1. The number of thiophene rings is 1. The monoisotopic (exact) mass is 313 g/mol. The maximum Gasteiger partial charge on any atom is 0.0900 e. The minimum Gasteiger partial charge on any atom is -0.389 e. The molecular weight excluding hydrogens is 282 g/mol. The number of rotatable bonds is 11. The molecule has 0 saturated heterocycles. The van der Waals surface area contributed by atoms with Crippen LogP contribution >= 0.6 is 11.3 Å². The summed E-state index contributed by atoms with van der Waals surface area (Å²) in [6, 6.07) is 2.16. The Morgan fingerprint density at radius 3 is 2.52 bits per heavy atom. The van der Waals surface area contributed by atoms with Crippen molar-refractivity contribution in [2.75, 3.05) is 26.3 Å². The molecule has 0 aliphatic rings. The zero-order valence-corrected chi connectivity index (χ0v) is 14.7. The number of aliphatic hydroxyl groups is 1.